The molecule has 1 aromatic carbocycles. The Morgan fingerprint density at radius 3 is 2.63 bits per heavy atom. The van der Waals surface area contributed by atoms with Crippen LogP contribution in [-0.4, -0.2) is 32.3 Å². The van der Waals surface area contributed by atoms with E-state index in [0.29, 0.717) is 24.0 Å². The number of ether oxygens (including phenoxy) is 2. The normalized spacial score (nSPS) is 11.4. The fraction of sp³-hybridized carbons (Fsp3) is 0.462. The summed E-state index contributed by atoms with van der Waals surface area (Å²) in [7, 11) is 0. The van der Waals surface area contributed by atoms with Crippen LogP contribution in [0.3, 0.4) is 0 Å². The number of benzene rings is 1. The number of hydrogen-bond donors (Lipinski definition) is 0. The fourth-order valence-electron chi connectivity index (χ4n) is 1.42. The predicted octanol–water partition coefficient (Wildman–Crippen LogP) is 3.16. The van der Waals surface area contributed by atoms with Crippen LogP contribution in [0.1, 0.15) is 22.3 Å². The van der Waals surface area contributed by atoms with Crippen molar-refractivity contribution in [1.82, 2.24) is 0 Å². The van der Waals surface area contributed by atoms with Gasteiger partial charge in [-0.25, -0.2) is 0 Å². The zero-order valence-corrected chi connectivity index (χ0v) is 10.5. The third-order valence-electron chi connectivity index (χ3n) is 2.25. The van der Waals surface area contributed by atoms with E-state index in [1.807, 2.05) is 6.92 Å². The van der Waals surface area contributed by atoms with Gasteiger partial charge in [0.05, 0.1) is 18.8 Å². The summed E-state index contributed by atoms with van der Waals surface area (Å²) >= 11 is 0. The largest absolute Gasteiger partial charge is 0.493 e. The maximum absolute atomic E-state index is 11.8. The number of hydrogen-bond acceptors (Lipinski definition) is 3. The first kappa shape index (κ1) is 15.5. The van der Waals surface area contributed by atoms with Crippen molar-refractivity contribution in [2.24, 2.45) is 0 Å². The van der Waals surface area contributed by atoms with Crippen LogP contribution in [0.5, 0.6) is 5.75 Å². The second-order valence-electron chi connectivity index (χ2n) is 4.03. The van der Waals surface area contributed by atoms with Crippen LogP contribution in [0.2, 0.25) is 0 Å². The van der Waals surface area contributed by atoms with Crippen LogP contribution in [0.15, 0.2) is 18.2 Å². The molecule has 0 radical (unpaired) electrons. The summed E-state index contributed by atoms with van der Waals surface area (Å²) in [4.78, 5) is 10.8. The molecule has 19 heavy (non-hydrogen) atoms. The molecular weight excluding hydrogens is 261 g/mol. The number of carbonyl (C=O) groups excluding carboxylic acids is 1. The van der Waals surface area contributed by atoms with Gasteiger partial charge in [-0.2, -0.15) is 13.2 Å². The van der Waals surface area contributed by atoms with Gasteiger partial charge in [0.2, 0.25) is 0 Å². The van der Waals surface area contributed by atoms with Crippen LogP contribution in [0.4, 0.5) is 13.2 Å². The molecular formula is C13H15F3O3. The summed E-state index contributed by atoms with van der Waals surface area (Å²) < 4.78 is 45.1. The number of carbonyl (C=O) groups is 1. The van der Waals surface area contributed by atoms with Gasteiger partial charge in [-0.1, -0.05) is 11.6 Å². The molecule has 0 bridgehead atoms. The van der Waals surface area contributed by atoms with Gasteiger partial charge in [0.1, 0.15) is 12.4 Å². The molecule has 0 fully saturated rings. The van der Waals surface area contributed by atoms with Gasteiger partial charge < -0.3 is 9.47 Å². The van der Waals surface area contributed by atoms with E-state index in [4.69, 9.17) is 4.74 Å². The van der Waals surface area contributed by atoms with Crippen molar-refractivity contribution in [3.05, 3.63) is 29.3 Å². The van der Waals surface area contributed by atoms with Crippen LogP contribution >= 0.6 is 0 Å². The first-order chi connectivity index (χ1) is 8.92. The second kappa shape index (κ2) is 7.13. The molecule has 0 aliphatic carbocycles. The van der Waals surface area contributed by atoms with Crippen molar-refractivity contribution in [1.29, 1.82) is 0 Å². The Kier molecular flexibility index (Phi) is 5.82. The molecule has 6 heteroatoms. The smallest absolute Gasteiger partial charge is 0.411 e. The van der Waals surface area contributed by atoms with Gasteiger partial charge in [0, 0.05) is 6.42 Å². The molecule has 0 aliphatic rings. The van der Waals surface area contributed by atoms with Gasteiger partial charge in [0.15, 0.2) is 6.29 Å². The molecule has 0 unspecified atom stereocenters. The highest BCUT2D eigenvalue weighted by atomic mass is 19.4. The molecule has 0 saturated carbocycles. The van der Waals surface area contributed by atoms with E-state index in [2.05, 4.69) is 4.74 Å². The number of aldehydes is 1. The lowest BCUT2D eigenvalue weighted by Gasteiger charge is -2.10. The van der Waals surface area contributed by atoms with E-state index in [1.54, 1.807) is 18.2 Å². The van der Waals surface area contributed by atoms with E-state index >= 15 is 0 Å². The van der Waals surface area contributed by atoms with Gasteiger partial charge in [-0.15, -0.1) is 0 Å². The maximum Gasteiger partial charge on any atom is 0.411 e. The monoisotopic (exact) mass is 276 g/mol. The van der Waals surface area contributed by atoms with Crippen molar-refractivity contribution < 1.29 is 27.4 Å². The van der Waals surface area contributed by atoms with Crippen LogP contribution in [0, 0.1) is 6.92 Å². The molecule has 0 aliphatic heterocycles. The Bertz CT molecular complexity index is 416. The third-order valence-corrected chi connectivity index (χ3v) is 2.25. The minimum Gasteiger partial charge on any atom is -0.493 e. The molecule has 0 spiro atoms. The number of halogens is 3. The van der Waals surface area contributed by atoms with E-state index in [0.717, 1.165) is 5.56 Å². The van der Waals surface area contributed by atoms with E-state index < -0.39 is 12.8 Å². The van der Waals surface area contributed by atoms with Crippen molar-refractivity contribution in [2.45, 2.75) is 19.5 Å². The summed E-state index contributed by atoms with van der Waals surface area (Å²) in [5.74, 6) is 0.427. The van der Waals surface area contributed by atoms with Crippen molar-refractivity contribution >= 4 is 6.29 Å². The van der Waals surface area contributed by atoms with Crippen molar-refractivity contribution in [3.63, 3.8) is 0 Å². The van der Waals surface area contributed by atoms with E-state index in [-0.39, 0.29) is 13.2 Å². The topological polar surface area (TPSA) is 35.5 Å². The van der Waals surface area contributed by atoms with Crippen molar-refractivity contribution in [3.8, 4) is 5.75 Å². The SMILES string of the molecule is Cc1ccc(OCCCOCC(F)(F)F)c(C=O)c1. The van der Waals surface area contributed by atoms with Gasteiger partial charge in [0.25, 0.3) is 0 Å². The molecule has 3 nitrogen and oxygen atoms in total. The number of alkyl halides is 3. The van der Waals surface area contributed by atoms with Gasteiger partial charge >= 0.3 is 6.18 Å². The summed E-state index contributed by atoms with van der Waals surface area (Å²) in [5, 5.41) is 0. The highest BCUT2D eigenvalue weighted by Crippen LogP contribution is 2.18. The van der Waals surface area contributed by atoms with E-state index in [9.17, 15) is 18.0 Å². The van der Waals surface area contributed by atoms with Gasteiger partial charge in [-0.05, 0) is 19.1 Å². The van der Waals surface area contributed by atoms with Gasteiger partial charge in [-0.3, -0.25) is 4.79 Å². The van der Waals surface area contributed by atoms with Crippen molar-refractivity contribution in [2.75, 3.05) is 19.8 Å². The first-order valence-corrected chi connectivity index (χ1v) is 5.75. The fourth-order valence-corrected chi connectivity index (χ4v) is 1.42. The zero-order chi connectivity index (χ0) is 14.3. The molecule has 0 atom stereocenters. The summed E-state index contributed by atoms with van der Waals surface area (Å²) in [6, 6.07) is 5.14. The summed E-state index contributed by atoms with van der Waals surface area (Å²) in [6.07, 6.45) is -3.30. The third kappa shape index (κ3) is 6.24. The molecule has 1 rings (SSSR count). The molecule has 0 amide bonds. The lowest BCUT2D eigenvalue weighted by Crippen LogP contribution is -2.18. The Balaban J connectivity index is 2.28. The number of rotatable bonds is 7. The van der Waals surface area contributed by atoms with E-state index in [1.165, 1.54) is 0 Å². The second-order valence-corrected chi connectivity index (χ2v) is 4.03. The lowest BCUT2D eigenvalue weighted by atomic mass is 10.1. The number of aryl methyl sites for hydroxylation is 1. The molecule has 0 N–H and O–H groups in total. The minimum atomic E-state index is -4.30. The average molecular weight is 276 g/mol. The summed E-state index contributed by atoms with van der Waals surface area (Å²) in [6.45, 7) is 0.752. The maximum atomic E-state index is 11.8. The Morgan fingerprint density at radius 1 is 1.26 bits per heavy atom. The zero-order valence-electron chi connectivity index (χ0n) is 10.5. The minimum absolute atomic E-state index is 0.0399. The van der Waals surface area contributed by atoms with Crippen LogP contribution < -0.4 is 4.74 Å². The van der Waals surface area contributed by atoms with Crippen LogP contribution in [0.25, 0.3) is 0 Å². The Hall–Kier alpha value is -1.56. The Labute approximate surface area is 109 Å². The summed E-state index contributed by atoms with van der Waals surface area (Å²) in [5.41, 5.74) is 1.36. The highest BCUT2D eigenvalue weighted by molar-refractivity contribution is 5.79. The first-order valence-electron chi connectivity index (χ1n) is 5.75. The molecule has 0 heterocycles. The molecule has 1 aromatic rings. The molecule has 0 saturated heterocycles. The molecule has 0 aromatic heterocycles. The predicted molar refractivity (Wildman–Crippen MR) is 63.6 cm³/mol. The quantitative estimate of drug-likeness (QED) is 0.567. The highest BCUT2D eigenvalue weighted by Gasteiger charge is 2.27. The van der Waals surface area contributed by atoms with Crippen LogP contribution in [-0.2, 0) is 4.74 Å². The standard InChI is InChI=1S/C13H15F3O3/c1-10-3-4-12(11(7-10)8-17)19-6-2-5-18-9-13(14,15)16/h3-4,7-8H,2,5-6,9H2,1H3. The molecule has 106 valence electrons. The average Bonchev–Trinajstić information content (AvgIpc) is 2.33. The Morgan fingerprint density at radius 2 is 2.00 bits per heavy atom. The lowest BCUT2D eigenvalue weighted by molar-refractivity contribution is -0.174.